The monoisotopic (exact) mass is 410 g/mol. The summed E-state index contributed by atoms with van der Waals surface area (Å²) in [5, 5.41) is 0.743. The molecule has 29 heavy (non-hydrogen) atoms. The summed E-state index contributed by atoms with van der Waals surface area (Å²) in [7, 11) is 1.59. The Bertz CT molecular complexity index is 1230. The SMILES string of the molecule is COc1ccc(-c2coc3cc(OCc4ccc(F)cc4Cl)ccc3c2=O)cc1. The molecule has 1 aromatic heterocycles. The molecule has 146 valence electrons. The zero-order chi connectivity index (χ0) is 20.4. The first-order valence-corrected chi connectivity index (χ1v) is 9.19. The van der Waals surface area contributed by atoms with Crippen LogP contribution in [0.15, 0.2) is 76.1 Å². The van der Waals surface area contributed by atoms with Crippen molar-refractivity contribution in [3.63, 3.8) is 0 Å². The van der Waals surface area contributed by atoms with Crippen LogP contribution >= 0.6 is 11.6 Å². The Morgan fingerprint density at radius 1 is 1.00 bits per heavy atom. The van der Waals surface area contributed by atoms with E-state index < -0.39 is 5.82 Å². The molecular weight excluding hydrogens is 395 g/mol. The number of hydrogen-bond donors (Lipinski definition) is 0. The summed E-state index contributed by atoms with van der Waals surface area (Å²) in [6, 6.07) is 16.3. The molecule has 6 heteroatoms. The van der Waals surface area contributed by atoms with Crippen LogP contribution < -0.4 is 14.9 Å². The van der Waals surface area contributed by atoms with Gasteiger partial charge in [-0.05, 0) is 42.0 Å². The molecule has 4 nitrogen and oxygen atoms in total. The molecule has 4 aromatic rings. The van der Waals surface area contributed by atoms with E-state index >= 15 is 0 Å². The highest BCUT2D eigenvalue weighted by atomic mass is 35.5. The zero-order valence-corrected chi connectivity index (χ0v) is 16.2. The summed E-state index contributed by atoms with van der Waals surface area (Å²) >= 11 is 6.02. The van der Waals surface area contributed by atoms with Crippen molar-refractivity contribution in [2.24, 2.45) is 0 Å². The fraction of sp³-hybridized carbons (Fsp3) is 0.0870. The fourth-order valence-electron chi connectivity index (χ4n) is 2.97. The van der Waals surface area contributed by atoms with Crippen LogP contribution in [0.4, 0.5) is 4.39 Å². The maximum Gasteiger partial charge on any atom is 0.200 e. The third kappa shape index (κ3) is 3.96. The molecule has 0 aliphatic carbocycles. The Balaban J connectivity index is 1.60. The fourth-order valence-corrected chi connectivity index (χ4v) is 3.19. The Morgan fingerprint density at radius 2 is 1.76 bits per heavy atom. The van der Waals surface area contributed by atoms with Crippen LogP contribution in [0.3, 0.4) is 0 Å². The Labute approximate surface area is 171 Å². The normalized spacial score (nSPS) is 10.9. The Hall–Kier alpha value is -3.31. The summed E-state index contributed by atoms with van der Waals surface area (Å²) in [4.78, 5) is 12.9. The molecule has 0 unspecified atom stereocenters. The predicted molar refractivity (Wildman–Crippen MR) is 110 cm³/mol. The molecule has 0 N–H and O–H groups in total. The number of benzene rings is 3. The Kier molecular flexibility index (Phi) is 5.23. The first-order valence-electron chi connectivity index (χ1n) is 8.82. The van der Waals surface area contributed by atoms with Crippen molar-refractivity contribution in [2.45, 2.75) is 6.61 Å². The molecule has 0 fully saturated rings. The first kappa shape index (κ1) is 19.0. The summed E-state index contributed by atoms with van der Waals surface area (Å²) < 4.78 is 29.7. The van der Waals surface area contributed by atoms with Gasteiger partial charge in [0.1, 0.15) is 35.8 Å². The van der Waals surface area contributed by atoms with Crippen molar-refractivity contribution < 1.29 is 18.3 Å². The van der Waals surface area contributed by atoms with E-state index in [9.17, 15) is 9.18 Å². The summed E-state index contributed by atoms with van der Waals surface area (Å²) in [6.07, 6.45) is 1.44. The molecule has 0 aliphatic heterocycles. The van der Waals surface area contributed by atoms with Crippen LogP contribution in [0, 0.1) is 5.82 Å². The van der Waals surface area contributed by atoms with E-state index in [4.69, 9.17) is 25.5 Å². The van der Waals surface area contributed by atoms with Gasteiger partial charge in [-0.3, -0.25) is 4.79 Å². The van der Waals surface area contributed by atoms with Gasteiger partial charge in [-0.1, -0.05) is 29.8 Å². The second-order valence-electron chi connectivity index (χ2n) is 6.39. The van der Waals surface area contributed by atoms with Gasteiger partial charge in [-0.25, -0.2) is 4.39 Å². The van der Waals surface area contributed by atoms with E-state index in [2.05, 4.69) is 0 Å². The summed E-state index contributed by atoms with van der Waals surface area (Å²) in [6.45, 7) is 0.165. The zero-order valence-electron chi connectivity index (χ0n) is 15.4. The van der Waals surface area contributed by atoms with Gasteiger partial charge in [0.15, 0.2) is 5.43 Å². The minimum Gasteiger partial charge on any atom is -0.497 e. The molecule has 3 aromatic carbocycles. The second-order valence-corrected chi connectivity index (χ2v) is 6.80. The van der Waals surface area contributed by atoms with Gasteiger partial charge < -0.3 is 13.9 Å². The van der Waals surface area contributed by atoms with E-state index in [1.54, 1.807) is 55.6 Å². The van der Waals surface area contributed by atoms with E-state index in [1.165, 1.54) is 18.4 Å². The van der Waals surface area contributed by atoms with Crippen LogP contribution in [0.5, 0.6) is 11.5 Å². The molecule has 0 saturated heterocycles. The van der Waals surface area contributed by atoms with Gasteiger partial charge in [0.25, 0.3) is 0 Å². The van der Waals surface area contributed by atoms with E-state index in [1.807, 2.05) is 0 Å². The van der Waals surface area contributed by atoms with E-state index in [-0.39, 0.29) is 12.0 Å². The van der Waals surface area contributed by atoms with Crippen LogP contribution in [-0.2, 0) is 6.61 Å². The average Bonchev–Trinajstić information content (AvgIpc) is 2.73. The highest BCUT2D eigenvalue weighted by Gasteiger charge is 2.11. The lowest BCUT2D eigenvalue weighted by atomic mass is 10.1. The largest absolute Gasteiger partial charge is 0.497 e. The number of methoxy groups -OCH3 is 1. The molecule has 0 bridgehead atoms. The van der Waals surface area contributed by atoms with Gasteiger partial charge >= 0.3 is 0 Å². The number of rotatable bonds is 5. The van der Waals surface area contributed by atoms with Crippen molar-refractivity contribution in [1.82, 2.24) is 0 Å². The average molecular weight is 411 g/mol. The van der Waals surface area contributed by atoms with Gasteiger partial charge in [0.05, 0.1) is 23.1 Å². The third-order valence-corrected chi connectivity index (χ3v) is 4.91. The molecule has 4 rings (SSSR count). The number of hydrogen-bond acceptors (Lipinski definition) is 4. The molecule has 0 atom stereocenters. The minimum absolute atomic E-state index is 0.135. The lowest BCUT2D eigenvalue weighted by Gasteiger charge is -2.09. The quantitative estimate of drug-likeness (QED) is 0.414. The first-order chi connectivity index (χ1) is 14.0. The number of fused-ring (bicyclic) bond motifs is 1. The molecule has 0 amide bonds. The molecule has 0 radical (unpaired) electrons. The highest BCUT2D eigenvalue weighted by Crippen LogP contribution is 2.26. The predicted octanol–water partition coefficient (Wildman–Crippen LogP) is 5.84. The molecular formula is C23H16ClFO4. The number of halogens is 2. The third-order valence-electron chi connectivity index (χ3n) is 4.56. The lowest BCUT2D eigenvalue weighted by molar-refractivity contribution is 0.306. The van der Waals surface area contributed by atoms with Gasteiger partial charge in [-0.15, -0.1) is 0 Å². The van der Waals surface area contributed by atoms with Crippen molar-refractivity contribution in [3.05, 3.63) is 93.6 Å². The summed E-state index contributed by atoms with van der Waals surface area (Å²) in [5.74, 6) is 0.819. The topological polar surface area (TPSA) is 48.7 Å². The van der Waals surface area contributed by atoms with Gasteiger partial charge in [-0.2, -0.15) is 0 Å². The minimum atomic E-state index is -0.404. The van der Waals surface area contributed by atoms with Crippen LogP contribution in [-0.4, -0.2) is 7.11 Å². The maximum absolute atomic E-state index is 13.1. The molecule has 0 spiro atoms. The summed E-state index contributed by atoms with van der Waals surface area (Å²) in [5.41, 5.74) is 2.14. The van der Waals surface area contributed by atoms with Crippen LogP contribution in [0.25, 0.3) is 22.1 Å². The maximum atomic E-state index is 13.1. The van der Waals surface area contributed by atoms with Crippen LogP contribution in [0.1, 0.15) is 5.56 Å². The van der Waals surface area contributed by atoms with Crippen molar-refractivity contribution >= 4 is 22.6 Å². The van der Waals surface area contributed by atoms with Crippen LogP contribution in [0.2, 0.25) is 5.02 Å². The molecule has 0 aliphatic rings. The van der Waals surface area contributed by atoms with Crippen molar-refractivity contribution in [1.29, 1.82) is 0 Å². The van der Waals surface area contributed by atoms with Crippen molar-refractivity contribution in [3.8, 4) is 22.6 Å². The number of ether oxygens (including phenoxy) is 2. The van der Waals surface area contributed by atoms with E-state index in [0.29, 0.717) is 38.6 Å². The van der Waals surface area contributed by atoms with Gasteiger partial charge in [0, 0.05) is 11.6 Å². The van der Waals surface area contributed by atoms with Crippen molar-refractivity contribution in [2.75, 3.05) is 7.11 Å². The standard InChI is InChI=1S/C23H16ClFO4/c1-27-17-6-3-14(4-7-17)20-13-29-22-11-18(8-9-19(22)23(20)26)28-12-15-2-5-16(25)10-21(15)24/h2-11,13H,12H2,1H3. The second kappa shape index (κ2) is 7.97. The highest BCUT2D eigenvalue weighted by molar-refractivity contribution is 6.31. The molecule has 1 heterocycles. The van der Waals surface area contributed by atoms with Gasteiger partial charge in [0.2, 0.25) is 0 Å². The van der Waals surface area contributed by atoms with E-state index in [0.717, 1.165) is 5.56 Å². The Morgan fingerprint density at radius 3 is 2.48 bits per heavy atom. The molecule has 0 saturated carbocycles. The smallest absolute Gasteiger partial charge is 0.200 e. The lowest BCUT2D eigenvalue weighted by Crippen LogP contribution is -2.05.